The van der Waals surface area contributed by atoms with E-state index in [0.29, 0.717) is 12.8 Å². The average molecular weight is 226 g/mol. The predicted octanol–water partition coefficient (Wildman–Crippen LogP) is 3.03. The minimum absolute atomic E-state index is 0.0493. The van der Waals surface area contributed by atoms with Crippen LogP contribution in [-0.4, -0.2) is 17.9 Å². The van der Waals surface area contributed by atoms with E-state index in [0.717, 1.165) is 6.42 Å². The molecule has 1 atom stereocenters. The zero-order valence-electron chi connectivity index (χ0n) is 10.9. The molecular formula is C13H22O3. The SMILES string of the molecule is CC/C(C)=C(\C)C[C@@H](CC(C)=O)OC(C)=O. The van der Waals surface area contributed by atoms with Crippen LogP contribution in [0.25, 0.3) is 0 Å². The number of rotatable bonds is 6. The van der Waals surface area contributed by atoms with Gasteiger partial charge in [-0.2, -0.15) is 0 Å². The van der Waals surface area contributed by atoms with E-state index in [4.69, 9.17) is 4.74 Å². The molecule has 0 heterocycles. The van der Waals surface area contributed by atoms with Gasteiger partial charge in [-0.3, -0.25) is 9.59 Å². The highest BCUT2D eigenvalue weighted by Crippen LogP contribution is 2.17. The van der Waals surface area contributed by atoms with E-state index in [1.165, 1.54) is 25.0 Å². The van der Waals surface area contributed by atoms with Crippen LogP contribution in [0.5, 0.6) is 0 Å². The fraction of sp³-hybridized carbons (Fsp3) is 0.692. The summed E-state index contributed by atoms with van der Waals surface area (Å²) in [5.41, 5.74) is 2.50. The lowest BCUT2D eigenvalue weighted by Crippen LogP contribution is -2.20. The zero-order chi connectivity index (χ0) is 12.7. The first-order chi connectivity index (χ1) is 7.36. The standard InChI is InChI=1S/C13H22O3/c1-6-9(2)10(3)7-13(8-11(4)14)16-12(5)15/h13H,6-8H2,1-5H3/b10-9+/t13-/m0/s1. The van der Waals surface area contributed by atoms with Gasteiger partial charge < -0.3 is 4.74 Å². The van der Waals surface area contributed by atoms with Gasteiger partial charge in [0.1, 0.15) is 11.9 Å². The largest absolute Gasteiger partial charge is 0.462 e. The maximum absolute atomic E-state index is 11.0. The van der Waals surface area contributed by atoms with Crippen molar-refractivity contribution in [3.05, 3.63) is 11.1 Å². The Morgan fingerprint density at radius 2 is 1.56 bits per heavy atom. The molecule has 0 aromatic rings. The molecule has 0 radical (unpaired) electrons. The first kappa shape index (κ1) is 14.9. The van der Waals surface area contributed by atoms with Gasteiger partial charge in [-0.25, -0.2) is 0 Å². The number of carbonyl (C=O) groups is 2. The van der Waals surface area contributed by atoms with Crippen LogP contribution >= 0.6 is 0 Å². The minimum atomic E-state index is -0.326. The second-order valence-electron chi connectivity index (χ2n) is 4.26. The summed E-state index contributed by atoms with van der Waals surface area (Å²) in [5.74, 6) is -0.276. The average Bonchev–Trinajstić information content (AvgIpc) is 2.14. The van der Waals surface area contributed by atoms with Crippen LogP contribution in [0.2, 0.25) is 0 Å². The molecule has 3 nitrogen and oxygen atoms in total. The van der Waals surface area contributed by atoms with Gasteiger partial charge in [-0.05, 0) is 27.2 Å². The monoisotopic (exact) mass is 226 g/mol. The zero-order valence-corrected chi connectivity index (χ0v) is 10.9. The number of carbonyl (C=O) groups excluding carboxylic acids is 2. The molecule has 0 aliphatic heterocycles. The predicted molar refractivity (Wildman–Crippen MR) is 64.1 cm³/mol. The van der Waals surface area contributed by atoms with E-state index in [2.05, 4.69) is 13.8 Å². The Bertz CT molecular complexity index is 274. The first-order valence-corrected chi connectivity index (χ1v) is 5.68. The molecule has 0 fully saturated rings. The quantitative estimate of drug-likeness (QED) is 0.516. The van der Waals surface area contributed by atoms with Crippen molar-refractivity contribution < 1.29 is 14.3 Å². The van der Waals surface area contributed by atoms with Gasteiger partial charge in [-0.15, -0.1) is 0 Å². The molecule has 0 aliphatic rings. The molecule has 0 rings (SSSR count). The molecule has 0 saturated heterocycles. The van der Waals surface area contributed by atoms with Crippen LogP contribution in [0.1, 0.15) is 53.9 Å². The molecule has 16 heavy (non-hydrogen) atoms. The number of allylic oxidation sites excluding steroid dienone is 1. The summed E-state index contributed by atoms with van der Waals surface area (Å²) < 4.78 is 5.13. The number of ether oxygens (including phenoxy) is 1. The van der Waals surface area contributed by atoms with Crippen molar-refractivity contribution in [1.82, 2.24) is 0 Å². The van der Waals surface area contributed by atoms with E-state index in [1.807, 2.05) is 6.92 Å². The van der Waals surface area contributed by atoms with E-state index >= 15 is 0 Å². The van der Waals surface area contributed by atoms with Crippen molar-refractivity contribution >= 4 is 11.8 Å². The third kappa shape index (κ3) is 6.38. The summed E-state index contributed by atoms with van der Waals surface area (Å²) in [6, 6.07) is 0. The summed E-state index contributed by atoms with van der Waals surface area (Å²) in [7, 11) is 0. The Hall–Kier alpha value is -1.12. The normalized spacial score (nSPS) is 14.1. The highest BCUT2D eigenvalue weighted by atomic mass is 16.5. The third-order valence-electron chi connectivity index (χ3n) is 2.64. The van der Waals surface area contributed by atoms with Crippen molar-refractivity contribution in [2.24, 2.45) is 0 Å². The third-order valence-corrected chi connectivity index (χ3v) is 2.64. The van der Waals surface area contributed by atoms with Crippen molar-refractivity contribution in [3.63, 3.8) is 0 Å². The topological polar surface area (TPSA) is 43.4 Å². The molecule has 0 aromatic carbocycles. The van der Waals surface area contributed by atoms with Crippen molar-refractivity contribution in [2.75, 3.05) is 0 Å². The number of hydrogen-bond acceptors (Lipinski definition) is 3. The minimum Gasteiger partial charge on any atom is -0.462 e. The van der Waals surface area contributed by atoms with E-state index in [1.54, 1.807) is 0 Å². The summed E-state index contributed by atoms with van der Waals surface area (Å²) in [6.45, 7) is 9.06. The molecule has 0 saturated carbocycles. The molecule has 0 bridgehead atoms. The van der Waals surface area contributed by atoms with Crippen LogP contribution in [0.4, 0.5) is 0 Å². The lowest BCUT2D eigenvalue weighted by Gasteiger charge is -2.17. The molecule has 0 aromatic heterocycles. The van der Waals surface area contributed by atoms with E-state index in [9.17, 15) is 9.59 Å². The molecular weight excluding hydrogens is 204 g/mol. The molecule has 3 heteroatoms. The number of Topliss-reactive ketones (excluding diaryl/α,β-unsaturated/α-hetero) is 1. The molecule has 0 unspecified atom stereocenters. The Kier molecular flexibility index (Phi) is 6.70. The Labute approximate surface area is 97.9 Å². The fourth-order valence-electron chi connectivity index (χ4n) is 1.53. The van der Waals surface area contributed by atoms with Crippen LogP contribution in [0.3, 0.4) is 0 Å². The molecule has 92 valence electrons. The Balaban J connectivity index is 4.53. The van der Waals surface area contributed by atoms with Gasteiger partial charge in [-0.1, -0.05) is 18.1 Å². The molecule has 0 amide bonds. The Morgan fingerprint density at radius 3 is 1.94 bits per heavy atom. The van der Waals surface area contributed by atoms with Gasteiger partial charge in [0.2, 0.25) is 0 Å². The fourth-order valence-corrected chi connectivity index (χ4v) is 1.53. The summed E-state index contributed by atoms with van der Waals surface area (Å²) in [5, 5.41) is 0. The number of esters is 1. The Morgan fingerprint density at radius 1 is 1.00 bits per heavy atom. The van der Waals surface area contributed by atoms with Crippen molar-refractivity contribution in [1.29, 1.82) is 0 Å². The van der Waals surface area contributed by atoms with Crippen LogP contribution in [0, 0.1) is 0 Å². The van der Waals surface area contributed by atoms with Crippen LogP contribution in [-0.2, 0) is 14.3 Å². The maximum atomic E-state index is 11.0. The highest BCUT2D eigenvalue weighted by molar-refractivity contribution is 5.76. The van der Waals surface area contributed by atoms with Gasteiger partial charge in [0.05, 0.1) is 0 Å². The molecule has 0 aliphatic carbocycles. The van der Waals surface area contributed by atoms with E-state index in [-0.39, 0.29) is 17.9 Å². The smallest absolute Gasteiger partial charge is 0.302 e. The molecule has 0 spiro atoms. The van der Waals surface area contributed by atoms with Gasteiger partial charge in [0.25, 0.3) is 0 Å². The lowest BCUT2D eigenvalue weighted by molar-refractivity contribution is -0.147. The summed E-state index contributed by atoms with van der Waals surface area (Å²) in [4.78, 5) is 22.0. The lowest BCUT2D eigenvalue weighted by atomic mass is 10.00. The molecule has 0 N–H and O–H groups in total. The van der Waals surface area contributed by atoms with Crippen molar-refractivity contribution in [3.8, 4) is 0 Å². The summed E-state index contributed by atoms with van der Waals surface area (Å²) >= 11 is 0. The van der Waals surface area contributed by atoms with Gasteiger partial charge in [0.15, 0.2) is 0 Å². The maximum Gasteiger partial charge on any atom is 0.302 e. The van der Waals surface area contributed by atoms with Gasteiger partial charge in [0, 0.05) is 19.8 Å². The van der Waals surface area contributed by atoms with Crippen LogP contribution in [0.15, 0.2) is 11.1 Å². The van der Waals surface area contributed by atoms with Crippen molar-refractivity contribution in [2.45, 2.75) is 60.0 Å². The second-order valence-corrected chi connectivity index (χ2v) is 4.26. The van der Waals surface area contributed by atoms with Crippen LogP contribution < -0.4 is 0 Å². The summed E-state index contributed by atoms with van der Waals surface area (Å²) in [6.07, 6.45) is 1.63. The highest BCUT2D eigenvalue weighted by Gasteiger charge is 2.15. The van der Waals surface area contributed by atoms with Gasteiger partial charge >= 0.3 is 5.97 Å². The number of ketones is 1. The van der Waals surface area contributed by atoms with E-state index < -0.39 is 0 Å². The first-order valence-electron chi connectivity index (χ1n) is 5.68. The number of hydrogen-bond donors (Lipinski definition) is 0. The second kappa shape index (κ2) is 7.20.